The summed E-state index contributed by atoms with van der Waals surface area (Å²) in [6.45, 7) is 2.85. The number of halogens is 1. The predicted molar refractivity (Wildman–Crippen MR) is 85.2 cm³/mol. The van der Waals surface area contributed by atoms with E-state index in [-0.39, 0.29) is 16.7 Å². The van der Waals surface area contributed by atoms with Crippen molar-refractivity contribution < 1.29 is 4.92 Å². The number of nitro groups is 1. The fourth-order valence-corrected chi connectivity index (χ4v) is 3.37. The lowest BCUT2D eigenvalue weighted by atomic mass is 10.00. The fourth-order valence-electron chi connectivity index (χ4n) is 2.14. The Bertz CT molecular complexity index is 600. The Hall–Kier alpha value is -1.24. The molecule has 0 aliphatic carbocycles. The van der Waals surface area contributed by atoms with Crippen molar-refractivity contribution in [1.82, 2.24) is 5.32 Å². The summed E-state index contributed by atoms with van der Waals surface area (Å²) in [6, 6.07) is 9.07. The molecule has 4 nitrogen and oxygen atoms in total. The Morgan fingerprint density at radius 2 is 2.20 bits per heavy atom. The molecule has 20 heavy (non-hydrogen) atoms. The third-order valence-corrected chi connectivity index (χ3v) is 4.58. The van der Waals surface area contributed by atoms with Gasteiger partial charge in [0.25, 0.3) is 5.69 Å². The molecule has 106 valence electrons. The van der Waals surface area contributed by atoms with Crippen molar-refractivity contribution in [3.63, 3.8) is 0 Å². The Kier molecular flexibility index (Phi) is 5.28. The monoisotopic (exact) mass is 354 g/mol. The Morgan fingerprint density at radius 1 is 1.45 bits per heavy atom. The highest BCUT2D eigenvalue weighted by atomic mass is 79.9. The first-order chi connectivity index (χ1) is 9.61. The van der Waals surface area contributed by atoms with Crippen molar-refractivity contribution in [1.29, 1.82) is 0 Å². The van der Waals surface area contributed by atoms with Crippen molar-refractivity contribution in [3.05, 3.63) is 60.7 Å². The van der Waals surface area contributed by atoms with Gasteiger partial charge in [0, 0.05) is 17.7 Å². The second-order valence-corrected chi connectivity index (χ2v) is 6.67. The third-order valence-electron chi connectivity index (χ3n) is 3.05. The van der Waals surface area contributed by atoms with Crippen LogP contribution in [0.2, 0.25) is 0 Å². The van der Waals surface area contributed by atoms with E-state index in [4.69, 9.17) is 0 Å². The fraction of sp³-hybridized carbons (Fsp3) is 0.286. The molecule has 0 radical (unpaired) electrons. The first-order valence-corrected chi connectivity index (χ1v) is 7.98. The van der Waals surface area contributed by atoms with Gasteiger partial charge in [-0.05, 0) is 45.9 Å². The highest BCUT2D eigenvalue weighted by molar-refractivity contribution is 9.11. The molecule has 0 fully saturated rings. The van der Waals surface area contributed by atoms with Crippen LogP contribution in [0.15, 0.2) is 39.5 Å². The molecule has 1 heterocycles. The molecule has 2 rings (SSSR count). The minimum absolute atomic E-state index is 0.0867. The molecule has 0 aliphatic heterocycles. The highest BCUT2D eigenvalue weighted by Crippen LogP contribution is 2.29. The van der Waals surface area contributed by atoms with E-state index in [1.54, 1.807) is 23.5 Å². The van der Waals surface area contributed by atoms with Crippen LogP contribution < -0.4 is 5.32 Å². The van der Waals surface area contributed by atoms with Gasteiger partial charge in [0.2, 0.25) is 0 Å². The van der Waals surface area contributed by atoms with Gasteiger partial charge in [-0.25, -0.2) is 0 Å². The maximum Gasteiger partial charge on any atom is 0.272 e. The van der Waals surface area contributed by atoms with Gasteiger partial charge in [-0.15, -0.1) is 11.3 Å². The summed E-state index contributed by atoms with van der Waals surface area (Å²) in [7, 11) is 0. The van der Waals surface area contributed by atoms with Crippen molar-refractivity contribution in [2.45, 2.75) is 19.4 Å². The molecule has 6 heteroatoms. The van der Waals surface area contributed by atoms with Gasteiger partial charge in [0.05, 0.1) is 8.71 Å². The largest absolute Gasteiger partial charge is 0.310 e. The van der Waals surface area contributed by atoms with Gasteiger partial charge in [0.15, 0.2) is 0 Å². The average Bonchev–Trinajstić information content (AvgIpc) is 2.85. The molecule has 1 N–H and O–H groups in total. The van der Waals surface area contributed by atoms with Crippen molar-refractivity contribution in [2.24, 2.45) is 0 Å². The zero-order valence-electron chi connectivity index (χ0n) is 11.0. The Morgan fingerprint density at radius 3 is 2.80 bits per heavy atom. The summed E-state index contributed by atoms with van der Waals surface area (Å²) in [4.78, 5) is 10.8. The second-order valence-electron chi connectivity index (χ2n) is 4.38. The van der Waals surface area contributed by atoms with Crippen LogP contribution in [-0.2, 0) is 6.42 Å². The maximum absolute atomic E-state index is 11.1. The summed E-state index contributed by atoms with van der Waals surface area (Å²) < 4.78 is 1.07. The van der Waals surface area contributed by atoms with Crippen LogP contribution >= 0.6 is 27.3 Å². The number of nitro benzene ring substituents is 1. The predicted octanol–water partition coefficient (Wildman–Crippen LogP) is 4.31. The quantitative estimate of drug-likeness (QED) is 0.620. The molecule has 1 aromatic heterocycles. The van der Waals surface area contributed by atoms with E-state index < -0.39 is 0 Å². The summed E-state index contributed by atoms with van der Waals surface area (Å²) in [5, 5.41) is 16.5. The van der Waals surface area contributed by atoms with Gasteiger partial charge in [0.1, 0.15) is 0 Å². The van der Waals surface area contributed by atoms with Crippen LogP contribution in [0.25, 0.3) is 0 Å². The van der Waals surface area contributed by atoms with Gasteiger partial charge < -0.3 is 5.32 Å². The van der Waals surface area contributed by atoms with E-state index in [1.807, 2.05) is 19.1 Å². The van der Waals surface area contributed by atoms with Crippen LogP contribution in [0.4, 0.5) is 5.69 Å². The number of likely N-dealkylation sites (N-methyl/N-ethyl adjacent to an activating group) is 1. The maximum atomic E-state index is 11.1. The zero-order valence-corrected chi connectivity index (χ0v) is 13.4. The van der Waals surface area contributed by atoms with E-state index in [0.717, 1.165) is 21.5 Å². The topological polar surface area (TPSA) is 55.2 Å². The lowest BCUT2D eigenvalue weighted by Gasteiger charge is -2.16. The minimum atomic E-state index is -0.318. The van der Waals surface area contributed by atoms with E-state index in [2.05, 4.69) is 32.7 Å². The Balaban J connectivity index is 2.27. The summed E-state index contributed by atoms with van der Waals surface area (Å²) in [6.07, 6.45) is 0.605. The summed E-state index contributed by atoms with van der Waals surface area (Å²) in [5.41, 5.74) is 2.09. The number of nitrogens with zero attached hydrogens (tertiary/aromatic N) is 1. The Labute approximate surface area is 130 Å². The molecule has 0 spiro atoms. The van der Waals surface area contributed by atoms with E-state index in [0.29, 0.717) is 6.42 Å². The van der Waals surface area contributed by atoms with Crippen molar-refractivity contribution in [3.8, 4) is 0 Å². The number of thiophene rings is 1. The highest BCUT2D eigenvalue weighted by Gasteiger charge is 2.19. The lowest BCUT2D eigenvalue weighted by molar-refractivity contribution is -0.385. The van der Waals surface area contributed by atoms with Gasteiger partial charge in [-0.3, -0.25) is 10.1 Å². The molecule has 0 saturated heterocycles. The van der Waals surface area contributed by atoms with Crippen molar-refractivity contribution >= 4 is 33.0 Å². The molecule has 0 saturated carbocycles. The average molecular weight is 355 g/mol. The molecule has 0 bridgehead atoms. The van der Waals surface area contributed by atoms with Gasteiger partial charge in [-0.1, -0.05) is 25.1 Å². The smallest absolute Gasteiger partial charge is 0.272 e. The number of benzene rings is 1. The number of para-hydroxylation sites is 1. The molecular formula is C14H15BrN2O2S. The van der Waals surface area contributed by atoms with Gasteiger partial charge >= 0.3 is 0 Å². The van der Waals surface area contributed by atoms with Crippen LogP contribution in [-0.4, -0.2) is 11.5 Å². The number of nitrogens with one attached hydrogen (secondary N) is 1. The molecule has 1 unspecified atom stereocenters. The van der Waals surface area contributed by atoms with Crippen LogP contribution in [0.1, 0.15) is 24.1 Å². The number of hydrogen-bond donors (Lipinski definition) is 1. The molecule has 0 aliphatic rings. The number of hydrogen-bond acceptors (Lipinski definition) is 4. The SMILES string of the molecule is CCNC(Cc1ccccc1[N+](=O)[O-])c1csc(Br)c1. The number of rotatable bonds is 6. The lowest BCUT2D eigenvalue weighted by Crippen LogP contribution is -2.22. The molecule has 2 aromatic rings. The van der Waals surface area contributed by atoms with Crippen molar-refractivity contribution in [2.75, 3.05) is 6.54 Å². The molecule has 1 atom stereocenters. The minimum Gasteiger partial charge on any atom is -0.310 e. The van der Waals surface area contributed by atoms with Crippen LogP contribution in [0.5, 0.6) is 0 Å². The van der Waals surface area contributed by atoms with E-state index >= 15 is 0 Å². The van der Waals surface area contributed by atoms with Gasteiger partial charge in [-0.2, -0.15) is 0 Å². The summed E-state index contributed by atoms with van der Waals surface area (Å²) >= 11 is 5.08. The normalized spacial score (nSPS) is 12.3. The van der Waals surface area contributed by atoms with Crippen LogP contribution in [0.3, 0.4) is 0 Å². The second kappa shape index (κ2) is 6.97. The zero-order chi connectivity index (χ0) is 14.5. The molecule has 0 amide bonds. The summed E-state index contributed by atoms with van der Waals surface area (Å²) in [5.74, 6) is 0. The first kappa shape index (κ1) is 15.2. The van der Waals surface area contributed by atoms with E-state index in [1.165, 1.54) is 0 Å². The standard InChI is InChI=1S/C14H15BrN2O2S/c1-2-16-12(11-8-14(15)20-9-11)7-10-5-3-4-6-13(10)17(18)19/h3-6,8-9,12,16H,2,7H2,1H3. The third kappa shape index (κ3) is 3.65. The van der Waals surface area contributed by atoms with E-state index in [9.17, 15) is 10.1 Å². The first-order valence-electron chi connectivity index (χ1n) is 6.31. The van der Waals surface area contributed by atoms with Crippen LogP contribution in [0, 0.1) is 10.1 Å². The molecule has 1 aromatic carbocycles. The molecular weight excluding hydrogens is 340 g/mol.